The van der Waals surface area contributed by atoms with Gasteiger partial charge in [-0.05, 0) is 36.6 Å². The highest BCUT2D eigenvalue weighted by atomic mass is 32.1. The van der Waals surface area contributed by atoms with E-state index in [1.165, 1.54) is 21.4 Å². The third kappa shape index (κ3) is 1.95. The molecule has 2 rings (SSSR count). The zero-order chi connectivity index (χ0) is 11.7. The van der Waals surface area contributed by atoms with Crippen molar-refractivity contribution in [2.24, 2.45) is 0 Å². The van der Waals surface area contributed by atoms with Gasteiger partial charge >= 0.3 is 0 Å². The molecule has 1 aromatic rings. The van der Waals surface area contributed by atoms with Crippen LogP contribution < -0.4 is 0 Å². The number of rotatable bonds is 2. The van der Waals surface area contributed by atoms with Gasteiger partial charge in [0, 0.05) is 16.3 Å². The van der Waals surface area contributed by atoms with Gasteiger partial charge in [-0.1, -0.05) is 13.2 Å². The molecule has 1 amide bonds. The molecule has 0 bridgehead atoms. The van der Waals surface area contributed by atoms with Gasteiger partial charge in [-0.25, -0.2) is 0 Å². The molecule has 0 aromatic carbocycles. The summed E-state index contributed by atoms with van der Waals surface area (Å²) in [6.07, 6.45) is 2.33. The fourth-order valence-electron chi connectivity index (χ4n) is 1.85. The van der Waals surface area contributed by atoms with E-state index in [1.807, 2.05) is 11.8 Å². The highest BCUT2D eigenvalue weighted by molar-refractivity contribution is 7.13. The second-order valence-corrected chi connectivity index (χ2v) is 5.19. The van der Waals surface area contributed by atoms with E-state index in [1.54, 1.807) is 11.3 Å². The highest BCUT2D eigenvalue weighted by Gasteiger charge is 2.21. The van der Waals surface area contributed by atoms with Crippen LogP contribution in [0.1, 0.15) is 22.2 Å². The zero-order valence-electron chi connectivity index (χ0n) is 9.45. The molecule has 2 nitrogen and oxygen atoms in total. The fraction of sp³-hybridized carbons (Fsp3) is 0.308. The highest BCUT2D eigenvalue weighted by Crippen LogP contribution is 2.31. The monoisotopic (exact) mass is 233 g/mol. The van der Waals surface area contributed by atoms with Crippen LogP contribution in [-0.2, 0) is 17.8 Å². The van der Waals surface area contributed by atoms with Gasteiger partial charge in [-0.2, -0.15) is 0 Å². The molecule has 16 heavy (non-hydrogen) atoms. The average Bonchev–Trinajstić information content (AvgIpc) is 2.70. The van der Waals surface area contributed by atoms with Crippen LogP contribution in [-0.4, -0.2) is 17.4 Å². The molecule has 0 N–H and O–H groups in total. The van der Waals surface area contributed by atoms with Crippen LogP contribution in [0.2, 0.25) is 0 Å². The molecular weight excluding hydrogens is 218 g/mol. The summed E-state index contributed by atoms with van der Waals surface area (Å²) in [5.74, 6) is 0.0240. The van der Waals surface area contributed by atoms with Gasteiger partial charge in [0.2, 0.25) is 5.91 Å². The Hall–Kier alpha value is -1.35. The summed E-state index contributed by atoms with van der Waals surface area (Å²) in [7, 11) is 0. The lowest BCUT2D eigenvalue weighted by Crippen LogP contribution is -2.33. The summed E-state index contributed by atoms with van der Waals surface area (Å²) < 4.78 is 0. The second-order valence-electron chi connectivity index (χ2n) is 4.05. The number of hydrogen-bond acceptors (Lipinski definition) is 2. The molecule has 0 spiro atoms. The lowest BCUT2D eigenvalue weighted by Gasteiger charge is -2.25. The molecule has 1 aliphatic heterocycles. The maximum Gasteiger partial charge on any atom is 0.246 e. The first-order valence-electron chi connectivity index (χ1n) is 5.30. The van der Waals surface area contributed by atoms with Gasteiger partial charge in [-0.3, -0.25) is 4.79 Å². The van der Waals surface area contributed by atoms with Crippen molar-refractivity contribution in [1.82, 2.24) is 4.90 Å². The predicted octanol–water partition coefficient (Wildman–Crippen LogP) is 2.85. The van der Waals surface area contributed by atoms with Crippen LogP contribution in [0.15, 0.2) is 25.3 Å². The third-order valence-corrected chi connectivity index (χ3v) is 4.11. The minimum Gasteiger partial charge on any atom is -0.334 e. The molecule has 0 saturated carbocycles. The van der Waals surface area contributed by atoms with E-state index in [4.69, 9.17) is 0 Å². The Morgan fingerprint density at radius 3 is 3.00 bits per heavy atom. The summed E-state index contributed by atoms with van der Waals surface area (Å²) in [5, 5.41) is 0. The van der Waals surface area contributed by atoms with Crippen LogP contribution in [0.25, 0.3) is 5.57 Å². The van der Waals surface area contributed by atoms with Crippen LogP contribution >= 0.6 is 11.3 Å². The van der Waals surface area contributed by atoms with Crippen molar-refractivity contribution in [2.75, 3.05) is 6.54 Å². The van der Waals surface area contributed by atoms with Crippen molar-refractivity contribution in [1.29, 1.82) is 0 Å². The lowest BCUT2D eigenvalue weighted by atomic mass is 10.1. The number of amides is 1. The van der Waals surface area contributed by atoms with Crippen molar-refractivity contribution >= 4 is 22.8 Å². The first-order chi connectivity index (χ1) is 7.61. The quantitative estimate of drug-likeness (QED) is 0.719. The van der Waals surface area contributed by atoms with E-state index in [0.29, 0.717) is 0 Å². The Morgan fingerprint density at radius 2 is 2.38 bits per heavy atom. The normalized spacial score (nSPS) is 14.4. The molecule has 0 aliphatic carbocycles. The predicted molar refractivity (Wildman–Crippen MR) is 68.3 cm³/mol. The largest absolute Gasteiger partial charge is 0.334 e. The summed E-state index contributed by atoms with van der Waals surface area (Å²) in [6.45, 7) is 11.0. The molecule has 0 saturated heterocycles. The molecule has 3 heteroatoms. The average molecular weight is 233 g/mol. The maximum absolute atomic E-state index is 11.5. The molecule has 0 fully saturated rings. The minimum atomic E-state index is 0.0240. The van der Waals surface area contributed by atoms with E-state index in [-0.39, 0.29) is 5.91 Å². The molecule has 0 radical (unpaired) electrons. The first kappa shape index (κ1) is 11.1. The number of allylic oxidation sites excluding steroid dienone is 1. The van der Waals surface area contributed by atoms with Crippen LogP contribution in [0, 0.1) is 0 Å². The number of carbonyl (C=O) groups is 1. The number of fused-ring (bicyclic) bond motifs is 1. The zero-order valence-corrected chi connectivity index (χ0v) is 10.3. The number of hydrogen-bond donors (Lipinski definition) is 0. The molecular formula is C13H15NOS. The SMILES string of the molecule is C=CC(=O)N1CCc2cc(C(=C)C)sc2C1. The Labute approximate surface area is 99.9 Å². The van der Waals surface area contributed by atoms with E-state index in [0.717, 1.165) is 25.1 Å². The summed E-state index contributed by atoms with van der Waals surface area (Å²) >= 11 is 1.75. The third-order valence-electron chi connectivity index (χ3n) is 2.79. The molecule has 84 valence electrons. The number of carbonyl (C=O) groups excluding carboxylic acids is 1. The van der Waals surface area contributed by atoms with Crippen molar-refractivity contribution in [3.8, 4) is 0 Å². The van der Waals surface area contributed by atoms with Gasteiger partial charge in [0.15, 0.2) is 0 Å². The van der Waals surface area contributed by atoms with Gasteiger partial charge in [-0.15, -0.1) is 11.3 Å². The molecule has 0 unspecified atom stereocenters. The van der Waals surface area contributed by atoms with Gasteiger partial charge in [0.1, 0.15) is 0 Å². The van der Waals surface area contributed by atoms with Gasteiger partial charge in [0.05, 0.1) is 6.54 Å². The standard InChI is InChI=1S/C13H15NOS/c1-4-13(15)14-6-5-10-7-11(9(2)3)16-12(10)8-14/h4,7H,1-2,5-6,8H2,3H3. The second kappa shape index (κ2) is 4.26. The summed E-state index contributed by atoms with van der Waals surface area (Å²) in [6, 6.07) is 2.21. The summed E-state index contributed by atoms with van der Waals surface area (Å²) in [4.78, 5) is 15.9. The Balaban J connectivity index is 2.23. The van der Waals surface area contributed by atoms with Crippen molar-refractivity contribution in [2.45, 2.75) is 19.9 Å². The topological polar surface area (TPSA) is 20.3 Å². The van der Waals surface area contributed by atoms with Crippen LogP contribution in [0.5, 0.6) is 0 Å². The van der Waals surface area contributed by atoms with Crippen LogP contribution in [0.4, 0.5) is 0 Å². The first-order valence-corrected chi connectivity index (χ1v) is 6.12. The molecule has 0 atom stereocenters. The van der Waals surface area contributed by atoms with E-state index >= 15 is 0 Å². The summed E-state index contributed by atoms with van der Waals surface area (Å²) in [5.41, 5.74) is 2.47. The Bertz CT molecular complexity index is 458. The number of nitrogens with zero attached hydrogens (tertiary/aromatic N) is 1. The smallest absolute Gasteiger partial charge is 0.246 e. The minimum absolute atomic E-state index is 0.0240. The van der Waals surface area contributed by atoms with Crippen molar-refractivity contribution in [3.63, 3.8) is 0 Å². The van der Waals surface area contributed by atoms with E-state index in [2.05, 4.69) is 19.2 Å². The van der Waals surface area contributed by atoms with Crippen molar-refractivity contribution < 1.29 is 4.79 Å². The lowest BCUT2D eigenvalue weighted by molar-refractivity contribution is -0.126. The van der Waals surface area contributed by atoms with Gasteiger partial charge in [0.25, 0.3) is 0 Å². The Kier molecular flexibility index (Phi) is 2.97. The molecule has 1 aromatic heterocycles. The fourth-order valence-corrected chi connectivity index (χ4v) is 3.00. The molecule has 2 heterocycles. The Morgan fingerprint density at radius 1 is 1.62 bits per heavy atom. The number of thiophene rings is 1. The van der Waals surface area contributed by atoms with Crippen molar-refractivity contribution in [3.05, 3.63) is 40.6 Å². The van der Waals surface area contributed by atoms with Gasteiger partial charge < -0.3 is 4.90 Å². The van der Waals surface area contributed by atoms with E-state index < -0.39 is 0 Å². The molecule has 1 aliphatic rings. The maximum atomic E-state index is 11.5. The van der Waals surface area contributed by atoms with E-state index in [9.17, 15) is 4.79 Å². The van der Waals surface area contributed by atoms with Crippen LogP contribution in [0.3, 0.4) is 0 Å².